The molecule has 7 heteroatoms. The Balaban J connectivity index is 1.54. The normalized spacial score (nSPS) is 16.5. The highest BCUT2D eigenvalue weighted by Crippen LogP contribution is 2.23. The van der Waals surface area contributed by atoms with Crippen molar-refractivity contribution in [3.05, 3.63) is 58.3 Å². The number of piperidine rings is 1. The highest BCUT2D eigenvalue weighted by atomic mass is 19.1. The van der Waals surface area contributed by atoms with Crippen molar-refractivity contribution in [2.24, 2.45) is 5.92 Å². The van der Waals surface area contributed by atoms with E-state index in [1.54, 1.807) is 18.3 Å². The summed E-state index contributed by atoms with van der Waals surface area (Å²) in [6.07, 6.45) is 3.06. The van der Waals surface area contributed by atoms with Crippen molar-refractivity contribution in [2.45, 2.75) is 25.8 Å². The van der Waals surface area contributed by atoms with Crippen LogP contribution in [0.4, 0.5) is 10.1 Å². The molecule has 2 N–H and O–H groups in total. The first kappa shape index (κ1) is 17.1. The average molecular weight is 344 g/mol. The minimum Gasteiger partial charge on any atom is -0.370 e. The van der Waals surface area contributed by atoms with Crippen LogP contribution >= 0.6 is 0 Å². The lowest BCUT2D eigenvalue weighted by Gasteiger charge is -2.33. The third kappa shape index (κ3) is 4.23. The number of amides is 1. The van der Waals surface area contributed by atoms with Crippen LogP contribution in [0.1, 0.15) is 31.4 Å². The van der Waals surface area contributed by atoms with E-state index in [9.17, 15) is 14.0 Å². The molecule has 0 saturated carbocycles. The predicted molar refractivity (Wildman–Crippen MR) is 92.8 cm³/mol. The van der Waals surface area contributed by atoms with Crippen LogP contribution in [-0.2, 0) is 4.79 Å². The molecule has 0 radical (unpaired) electrons. The summed E-state index contributed by atoms with van der Waals surface area (Å²) in [4.78, 5) is 25.9. The third-order valence-electron chi connectivity index (χ3n) is 4.61. The molecule has 0 spiro atoms. The lowest BCUT2D eigenvalue weighted by atomic mass is 9.95. The number of nitrogens with one attached hydrogen (secondary N) is 2. The molecule has 0 bridgehead atoms. The molecule has 2 heterocycles. The smallest absolute Gasteiger partial charge is 0.266 e. The number of rotatable bonds is 4. The highest BCUT2D eigenvalue weighted by molar-refractivity contribution is 5.79. The van der Waals surface area contributed by atoms with Crippen molar-refractivity contribution < 1.29 is 9.18 Å². The quantitative estimate of drug-likeness (QED) is 0.889. The van der Waals surface area contributed by atoms with Gasteiger partial charge >= 0.3 is 0 Å². The number of H-pyrrole nitrogens is 1. The second-order valence-electron chi connectivity index (χ2n) is 6.35. The molecule has 1 fully saturated rings. The summed E-state index contributed by atoms with van der Waals surface area (Å²) in [5.74, 6) is -0.335. The van der Waals surface area contributed by atoms with Crippen LogP contribution < -0.4 is 15.8 Å². The van der Waals surface area contributed by atoms with E-state index in [-0.39, 0.29) is 29.2 Å². The predicted octanol–water partition coefficient (Wildman–Crippen LogP) is 2.00. The Kier molecular flexibility index (Phi) is 5.11. The van der Waals surface area contributed by atoms with Crippen molar-refractivity contribution in [1.82, 2.24) is 15.5 Å². The summed E-state index contributed by atoms with van der Waals surface area (Å²) in [5, 5.41) is 9.17. The molecule has 6 nitrogen and oxygen atoms in total. The molecule has 1 atom stereocenters. The number of benzene rings is 1. The van der Waals surface area contributed by atoms with Crippen molar-refractivity contribution in [3.63, 3.8) is 0 Å². The summed E-state index contributed by atoms with van der Waals surface area (Å²) in [7, 11) is 0. The van der Waals surface area contributed by atoms with Gasteiger partial charge in [0.2, 0.25) is 5.91 Å². The van der Waals surface area contributed by atoms with Crippen molar-refractivity contribution >= 4 is 11.6 Å². The van der Waals surface area contributed by atoms with Gasteiger partial charge in [0.25, 0.3) is 5.56 Å². The number of nitrogens with zero attached hydrogens (tertiary/aromatic N) is 2. The first-order valence-corrected chi connectivity index (χ1v) is 8.38. The van der Waals surface area contributed by atoms with Crippen LogP contribution in [0.3, 0.4) is 0 Å². The van der Waals surface area contributed by atoms with E-state index in [1.165, 1.54) is 18.2 Å². The second kappa shape index (κ2) is 7.46. The zero-order valence-corrected chi connectivity index (χ0v) is 14.0. The molecule has 132 valence electrons. The first-order chi connectivity index (χ1) is 12.0. The Hall–Kier alpha value is -2.70. The van der Waals surface area contributed by atoms with Crippen molar-refractivity contribution in [3.8, 4) is 0 Å². The summed E-state index contributed by atoms with van der Waals surface area (Å²) in [6.45, 7) is 3.30. The van der Waals surface area contributed by atoms with Gasteiger partial charge in [-0.2, -0.15) is 5.10 Å². The fourth-order valence-corrected chi connectivity index (χ4v) is 3.10. The lowest BCUT2D eigenvalue weighted by Crippen LogP contribution is -2.41. The van der Waals surface area contributed by atoms with Crippen molar-refractivity contribution in [1.29, 1.82) is 0 Å². The number of hydrogen-bond acceptors (Lipinski definition) is 4. The van der Waals surface area contributed by atoms with Crippen LogP contribution in [0, 0.1) is 11.7 Å². The number of anilines is 1. The van der Waals surface area contributed by atoms with Gasteiger partial charge in [0.1, 0.15) is 5.82 Å². The maximum atomic E-state index is 13.0. The summed E-state index contributed by atoms with van der Waals surface area (Å²) < 4.78 is 13.0. The zero-order chi connectivity index (χ0) is 17.8. The Morgan fingerprint density at radius 3 is 2.64 bits per heavy atom. The molecule has 25 heavy (non-hydrogen) atoms. The fourth-order valence-electron chi connectivity index (χ4n) is 3.10. The van der Waals surface area contributed by atoms with Crippen LogP contribution in [0.15, 0.2) is 41.3 Å². The van der Waals surface area contributed by atoms with Gasteiger partial charge in [-0.15, -0.1) is 0 Å². The van der Waals surface area contributed by atoms with Crippen molar-refractivity contribution in [2.75, 3.05) is 18.0 Å². The molecular weight excluding hydrogens is 323 g/mol. The molecule has 1 aliphatic heterocycles. The number of aromatic amines is 1. The number of aromatic nitrogens is 2. The van der Waals surface area contributed by atoms with Gasteiger partial charge in [-0.3, -0.25) is 9.59 Å². The molecule has 1 saturated heterocycles. The summed E-state index contributed by atoms with van der Waals surface area (Å²) >= 11 is 0. The Labute approximate surface area is 145 Å². The largest absolute Gasteiger partial charge is 0.370 e. The number of halogens is 1. The van der Waals surface area contributed by atoms with Gasteiger partial charge in [-0.1, -0.05) is 12.1 Å². The molecule has 2 aromatic rings. The summed E-state index contributed by atoms with van der Waals surface area (Å²) in [5.41, 5.74) is 1.43. The van der Waals surface area contributed by atoms with Crippen LogP contribution in [0.25, 0.3) is 0 Å². The lowest BCUT2D eigenvalue weighted by molar-refractivity contribution is -0.126. The molecule has 1 aliphatic rings. The third-order valence-corrected chi connectivity index (χ3v) is 4.61. The molecule has 3 rings (SSSR count). The number of carbonyl (C=O) groups is 1. The van der Waals surface area contributed by atoms with Crippen LogP contribution in [0.5, 0.6) is 0 Å². The SMILES string of the molecule is CC(NC(=O)C1CCN(c2cn[nH]c(=O)c2)CC1)c1ccc(F)cc1. The Morgan fingerprint density at radius 1 is 1.32 bits per heavy atom. The molecular formula is C18H21FN4O2. The van der Waals surface area contributed by atoms with E-state index in [4.69, 9.17) is 0 Å². The molecule has 0 aliphatic carbocycles. The van der Waals surface area contributed by atoms with Crippen LogP contribution in [-0.4, -0.2) is 29.2 Å². The summed E-state index contributed by atoms with van der Waals surface area (Å²) in [6, 6.07) is 7.51. The van der Waals surface area contributed by atoms with E-state index < -0.39 is 0 Å². The average Bonchev–Trinajstić information content (AvgIpc) is 2.62. The molecule has 1 amide bonds. The van der Waals surface area contributed by atoms with Gasteiger partial charge in [0, 0.05) is 25.1 Å². The topological polar surface area (TPSA) is 78.1 Å². The van der Waals surface area contributed by atoms with Gasteiger partial charge in [0.15, 0.2) is 0 Å². The van der Waals surface area contributed by atoms with Gasteiger partial charge in [-0.25, -0.2) is 9.49 Å². The molecule has 1 aromatic carbocycles. The number of carbonyl (C=O) groups excluding carboxylic acids is 1. The van der Waals surface area contributed by atoms with E-state index in [0.29, 0.717) is 13.1 Å². The van der Waals surface area contributed by atoms with E-state index in [0.717, 1.165) is 24.1 Å². The van der Waals surface area contributed by atoms with Gasteiger partial charge in [-0.05, 0) is 37.5 Å². The first-order valence-electron chi connectivity index (χ1n) is 8.38. The number of hydrogen-bond donors (Lipinski definition) is 2. The molecule has 1 aromatic heterocycles. The maximum Gasteiger partial charge on any atom is 0.266 e. The van der Waals surface area contributed by atoms with E-state index >= 15 is 0 Å². The Morgan fingerprint density at radius 2 is 2.00 bits per heavy atom. The van der Waals surface area contributed by atoms with E-state index in [1.807, 2.05) is 6.92 Å². The standard InChI is InChI=1S/C18H21FN4O2/c1-12(13-2-4-15(19)5-3-13)21-18(25)14-6-8-23(9-7-14)16-10-17(24)22-20-11-16/h2-5,10-12,14H,6-9H2,1H3,(H,21,25)(H,22,24). The van der Waals surface area contributed by atoms with Crippen LogP contribution in [0.2, 0.25) is 0 Å². The van der Waals surface area contributed by atoms with Gasteiger partial charge in [0.05, 0.1) is 17.9 Å². The van der Waals surface area contributed by atoms with Gasteiger partial charge < -0.3 is 10.2 Å². The highest BCUT2D eigenvalue weighted by Gasteiger charge is 2.26. The monoisotopic (exact) mass is 344 g/mol. The minimum atomic E-state index is -0.288. The zero-order valence-electron chi connectivity index (χ0n) is 14.0. The second-order valence-corrected chi connectivity index (χ2v) is 6.35. The Bertz CT molecular complexity index is 782. The fraction of sp³-hybridized carbons (Fsp3) is 0.389. The maximum absolute atomic E-state index is 13.0. The minimum absolute atomic E-state index is 0.0144. The van der Waals surface area contributed by atoms with E-state index in [2.05, 4.69) is 20.4 Å². The molecule has 1 unspecified atom stereocenters.